The number of carbonyl (C=O) groups excluding carboxylic acids is 1. The van der Waals surface area contributed by atoms with E-state index in [-0.39, 0.29) is 23.7 Å². The van der Waals surface area contributed by atoms with Gasteiger partial charge in [-0.3, -0.25) is 4.79 Å². The Morgan fingerprint density at radius 1 is 1.35 bits per heavy atom. The fraction of sp³-hybridized carbons (Fsp3) is 0.529. The number of likely N-dealkylation sites (tertiary alicyclic amines) is 1. The molecule has 0 aromatic heterocycles. The summed E-state index contributed by atoms with van der Waals surface area (Å²) in [6.07, 6.45) is 1.11. The van der Waals surface area contributed by atoms with Crippen LogP contribution in [0.2, 0.25) is 0 Å². The van der Waals surface area contributed by atoms with Crippen molar-refractivity contribution in [2.24, 2.45) is 10.4 Å². The van der Waals surface area contributed by atoms with Crippen LogP contribution < -0.4 is 10.6 Å². The van der Waals surface area contributed by atoms with Crippen molar-refractivity contribution in [2.45, 2.75) is 27.2 Å². The molecule has 2 rings (SSSR count). The Bertz CT molecular complexity index is 568. The van der Waals surface area contributed by atoms with Crippen LogP contribution in [0.25, 0.3) is 0 Å². The molecule has 1 aromatic rings. The first-order valence-corrected chi connectivity index (χ1v) is 7.98. The minimum atomic E-state index is -0.327. The first-order valence-electron chi connectivity index (χ1n) is 7.98. The molecule has 0 atom stereocenters. The number of halogens is 1. The van der Waals surface area contributed by atoms with Gasteiger partial charge in [0.2, 0.25) is 5.91 Å². The molecule has 0 saturated carbocycles. The van der Waals surface area contributed by atoms with Crippen molar-refractivity contribution in [3.05, 3.63) is 30.1 Å². The average Bonchev–Trinajstić information content (AvgIpc) is 2.86. The van der Waals surface area contributed by atoms with Crippen molar-refractivity contribution < 1.29 is 9.18 Å². The molecule has 0 radical (unpaired) electrons. The molecule has 1 aliphatic rings. The van der Waals surface area contributed by atoms with E-state index in [0.717, 1.165) is 32.0 Å². The average molecular weight is 320 g/mol. The molecular formula is C17H25FN4O. The van der Waals surface area contributed by atoms with Crippen LogP contribution in [0.15, 0.2) is 29.3 Å². The number of aliphatic imine (C=N–C) groups is 1. The number of carbonyl (C=O) groups is 1. The fourth-order valence-corrected chi connectivity index (χ4v) is 2.60. The highest BCUT2D eigenvalue weighted by Gasteiger charge is 2.30. The summed E-state index contributed by atoms with van der Waals surface area (Å²) in [6, 6.07) is 5.70. The summed E-state index contributed by atoms with van der Waals surface area (Å²) >= 11 is 0. The third-order valence-electron chi connectivity index (χ3n) is 3.81. The molecule has 0 unspecified atom stereocenters. The standard InChI is InChI=1S/C17H25FN4O/c1-4-19-16(22-10-9-17(2,3)12-22)20-11-15(23)21-14-7-5-13(18)6-8-14/h5-8H,4,9-12H2,1-3H3,(H,19,20)(H,21,23). The molecule has 0 aliphatic carbocycles. The molecule has 5 nitrogen and oxygen atoms in total. The van der Waals surface area contributed by atoms with Gasteiger partial charge in [-0.1, -0.05) is 13.8 Å². The van der Waals surface area contributed by atoms with E-state index in [0.29, 0.717) is 5.69 Å². The highest BCUT2D eigenvalue weighted by Crippen LogP contribution is 2.28. The van der Waals surface area contributed by atoms with E-state index < -0.39 is 0 Å². The van der Waals surface area contributed by atoms with Gasteiger partial charge in [-0.2, -0.15) is 0 Å². The Morgan fingerprint density at radius 2 is 2.04 bits per heavy atom. The minimum absolute atomic E-state index is 0.0383. The second kappa shape index (κ2) is 7.44. The van der Waals surface area contributed by atoms with Gasteiger partial charge in [-0.15, -0.1) is 0 Å². The van der Waals surface area contributed by atoms with Gasteiger partial charge in [0.05, 0.1) is 0 Å². The van der Waals surface area contributed by atoms with Crippen LogP contribution in [0, 0.1) is 11.2 Å². The zero-order valence-electron chi connectivity index (χ0n) is 14.0. The van der Waals surface area contributed by atoms with Crippen LogP contribution in [-0.4, -0.2) is 42.9 Å². The maximum Gasteiger partial charge on any atom is 0.246 e. The van der Waals surface area contributed by atoms with Gasteiger partial charge in [-0.25, -0.2) is 9.38 Å². The van der Waals surface area contributed by atoms with Gasteiger partial charge >= 0.3 is 0 Å². The van der Waals surface area contributed by atoms with Crippen molar-refractivity contribution in [3.63, 3.8) is 0 Å². The first-order chi connectivity index (χ1) is 10.9. The number of nitrogens with one attached hydrogen (secondary N) is 2. The molecule has 1 fully saturated rings. The molecule has 1 aromatic carbocycles. The largest absolute Gasteiger partial charge is 0.357 e. The van der Waals surface area contributed by atoms with Crippen LogP contribution in [0.5, 0.6) is 0 Å². The second-order valence-corrected chi connectivity index (χ2v) is 6.56. The number of guanidine groups is 1. The highest BCUT2D eigenvalue weighted by molar-refractivity contribution is 5.94. The zero-order chi connectivity index (χ0) is 16.9. The van der Waals surface area contributed by atoms with Crippen molar-refractivity contribution in [1.29, 1.82) is 0 Å². The predicted molar refractivity (Wildman–Crippen MR) is 91.0 cm³/mol. The van der Waals surface area contributed by atoms with E-state index >= 15 is 0 Å². The number of nitrogens with zero attached hydrogens (tertiary/aromatic N) is 2. The summed E-state index contributed by atoms with van der Waals surface area (Å²) in [7, 11) is 0. The van der Waals surface area contributed by atoms with Crippen molar-refractivity contribution in [1.82, 2.24) is 10.2 Å². The van der Waals surface area contributed by atoms with E-state index in [1.165, 1.54) is 24.3 Å². The Kier molecular flexibility index (Phi) is 5.58. The molecule has 0 spiro atoms. The lowest BCUT2D eigenvalue weighted by Crippen LogP contribution is -2.41. The van der Waals surface area contributed by atoms with Gasteiger partial charge in [0, 0.05) is 25.3 Å². The molecule has 1 amide bonds. The molecule has 2 N–H and O–H groups in total. The van der Waals surface area contributed by atoms with Crippen molar-refractivity contribution in [2.75, 3.05) is 31.5 Å². The van der Waals surface area contributed by atoms with E-state index in [2.05, 4.69) is 34.4 Å². The predicted octanol–water partition coefficient (Wildman–Crippen LogP) is 2.46. The van der Waals surface area contributed by atoms with Crippen LogP contribution in [0.1, 0.15) is 27.2 Å². The molecule has 23 heavy (non-hydrogen) atoms. The smallest absolute Gasteiger partial charge is 0.246 e. The quantitative estimate of drug-likeness (QED) is 0.662. The van der Waals surface area contributed by atoms with Crippen molar-refractivity contribution >= 4 is 17.6 Å². The lowest BCUT2D eigenvalue weighted by Gasteiger charge is -2.23. The maximum atomic E-state index is 12.8. The van der Waals surface area contributed by atoms with Crippen LogP contribution >= 0.6 is 0 Å². The molecule has 1 heterocycles. The van der Waals surface area contributed by atoms with E-state index in [9.17, 15) is 9.18 Å². The van der Waals surface area contributed by atoms with Crippen molar-refractivity contribution in [3.8, 4) is 0 Å². The second-order valence-electron chi connectivity index (χ2n) is 6.56. The Balaban J connectivity index is 1.94. The van der Waals surface area contributed by atoms with Gasteiger partial charge < -0.3 is 15.5 Å². The summed E-state index contributed by atoms with van der Waals surface area (Å²) in [6.45, 7) is 9.15. The summed E-state index contributed by atoms with van der Waals surface area (Å²) in [5.41, 5.74) is 0.839. The van der Waals surface area contributed by atoms with Crippen LogP contribution in [0.4, 0.5) is 10.1 Å². The maximum absolute atomic E-state index is 12.8. The van der Waals surface area contributed by atoms with Gasteiger partial charge in [-0.05, 0) is 43.0 Å². The number of hydrogen-bond acceptors (Lipinski definition) is 2. The Labute approximate surface area is 137 Å². The zero-order valence-corrected chi connectivity index (χ0v) is 14.0. The molecule has 126 valence electrons. The molecule has 1 aliphatic heterocycles. The highest BCUT2D eigenvalue weighted by atomic mass is 19.1. The van der Waals surface area contributed by atoms with Gasteiger partial charge in [0.15, 0.2) is 5.96 Å². The van der Waals surface area contributed by atoms with E-state index in [1.54, 1.807) is 0 Å². The summed E-state index contributed by atoms with van der Waals surface area (Å²) < 4.78 is 12.8. The topological polar surface area (TPSA) is 56.7 Å². The summed E-state index contributed by atoms with van der Waals surface area (Å²) in [5.74, 6) is 0.227. The monoisotopic (exact) mass is 320 g/mol. The van der Waals surface area contributed by atoms with E-state index in [4.69, 9.17) is 0 Å². The van der Waals surface area contributed by atoms with Gasteiger partial charge in [0.1, 0.15) is 12.4 Å². The molecule has 6 heteroatoms. The number of amides is 1. The fourth-order valence-electron chi connectivity index (χ4n) is 2.60. The summed E-state index contributed by atoms with van der Waals surface area (Å²) in [5, 5.41) is 5.95. The van der Waals surface area contributed by atoms with Crippen LogP contribution in [0.3, 0.4) is 0 Å². The summed E-state index contributed by atoms with van der Waals surface area (Å²) in [4.78, 5) is 18.6. The molecule has 1 saturated heterocycles. The Morgan fingerprint density at radius 3 is 2.61 bits per heavy atom. The lowest BCUT2D eigenvalue weighted by atomic mass is 9.93. The third-order valence-corrected chi connectivity index (χ3v) is 3.81. The number of anilines is 1. The SMILES string of the molecule is CCNC(=NCC(=O)Nc1ccc(F)cc1)N1CCC(C)(C)C1. The van der Waals surface area contributed by atoms with Gasteiger partial charge in [0.25, 0.3) is 0 Å². The number of benzene rings is 1. The number of hydrogen-bond donors (Lipinski definition) is 2. The number of rotatable bonds is 4. The molecular weight excluding hydrogens is 295 g/mol. The normalized spacial score (nSPS) is 17.2. The minimum Gasteiger partial charge on any atom is -0.357 e. The van der Waals surface area contributed by atoms with Crippen LogP contribution in [-0.2, 0) is 4.79 Å². The third kappa shape index (κ3) is 5.23. The first kappa shape index (κ1) is 17.2. The lowest BCUT2D eigenvalue weighted by molar-refractivity contribution is -0.114. The molecule has 0 bridgehead atoms. The Hall–Kier alpha value is -2.11. The van der Waals surface area contributed by atoms with E-state index in [1.807, 2.05) is 6.92 Å².